The number of amides is 1. The summed E-state index contributed by atoms with van der Waals surface area (Å²) in [7, 11) is -0.857. The van der Waals surface area contributed by atoms with Crippen LogP contribution in [0.3, 0.4) is 0 Å². The molecule has 0 bridgehead atoms. The van der Waals surface area contributed by atoms with E-state index < -0.39 is 16.1 Å². The van der Waals surface area contributed by atoms with Gasteiger partial charge < -0.3 is 14.8 Å². The summed E-state index contributed by atoms with van der Waals surface area (Å²) in [6.07, 6.45) is 1.97. The Hall–Kier alpha value is -1.80. The van der Waals surface area contributed by atoms with Crippen LogP contribution in [0.15, 0.2) is 23.1 Å². The van der Waals surface area contributed by atoms with Crippen molar-refractivity contribution in [2.24, 2.45) is 0 Å². The van der Waals surface area contributed by atoms with Crippen LogP contribution in [-0.4, -0.2) is 51.5 Å². The van der Waals surface area contributed by atoms with Crippen molar-refractivity contribution in [3.05, 3.63) is 18.2 Å². The number of sulfonamides is 1. The predicted molar refractivity (Wildman–Crippen MR) is 94.4 cm³/mol. The maximum Gasteiger partial charge on any atom is 0.243 e. The number of carbonyl (C=O) groups is 1. The Labute approximate surface area is 149 Å². The summed E-state index contributed by atoms with van der Waals surface area (Å²) in [4.78, 5) is 12.6. The van der Waals surface area contributed by atoms with Crippen molar-refractivity contribution in [1.82, 2.24) is 9.62 Å². The highest BCUT2D eigenvalue weighted by Crippen LogP contribution is 2.33. The molecule has 25 heavy (non-hydrogen) atoms. The molecule has 0 radical (unpaired) electrons. The van der Waals surface area contributed by atoms with Crippen molar-refractivity contribution < 1.29 is 22.7 Å². The number of ether oxygens (including phenoxy) is 2. The molecule has 7 nitrogen and oxygen atoms in total. The van der Waals surface area contributed by atoms with Crippen LogP contribution >= 0.6 is 0 Å². The Kier molecular flexibility index (Phi) is 6.29. The molecule has 1 fully saturated rings. The van der Waals surface area contributed by atoms with E-state index in [2.05, 4.69) is 5.32 Å². The van der Waals surface area contributed by atoms with Crippen molar-refractivity contribution in [1.29, 1.82) is 0 Å². The molecule has 140 valence electrons. The van der Waals surface area contributed by atoms with Crippen LogP contribution in [0.5, 0.6) is 11.5 Å². The van der Waals surface area contributed by atoms with E-state index in [0.29, 0.717) is 30.9 Å². The highest BCUT2D eigenvalue weighted by molar-refractivity contribution is 7.89. The van der Waals surface area contributed by atoms with Gasteiger partial charge in [-0.15, -0.1) is 0 Å². The van der Waals surface area contributed by atoms with Gasteiger partial charge in [-0.2, -0.15) is 4.31 Å². The number of methoxy groups -OCH3 is 2. The summed E-state index contributed by atoms with van der Waals surface area (Å²) in [6, 6.07) is 3.79. The molecule has 0 aliphatic carbocycles. The first-order chi connectivity index (χ1) is 11.8. The van der Waals surface area contributed by atoms with E-state index in [1.54, 1.807) is 6.07 Å². The minimum atomic E-state index is -3.80. The van der Waals surface area contributed by atoms with Crippen LogP contribution in [0, 0.1) is 0 Å². The van der Waals surface area contributed by atoms with Gasteiger partial charge in [0.2, 0.25) is 15.9 Å². The topological polar surface area (TPSA) is 84.9 Å². The number of nitrogens with one attached hydrogen (secondary N) is 1. The summed E-state index contributed by atoms with van der Waals surface area (Å²) in [5.41, 5.74) is 0. The van der Waals surface area contributed by atoms with Gasteiger partial charge >= 0.3 is 0 Å². The number of carbonyl (C=O) groups excluding carboxylic acids is 1. The van der Waals surface area contributed by atoms with E-state index in [1.165, 1.54) is 30.7 Å². The van der Waals surface area contributed by atoms with Gasteiger partial charge in [0.25, 0.3) is 0 Å². The summed E-state index contributed by atoms with van der Waals surface area (Å²) in [5, 5.41) is 2.88. The first kappa shape index (κ1) is 19.5. The monoisotopic (exact) mass is 370 g/mol. The van der Waals surface area contributed by atoms with Gasteiger partial charge in [0.1, 0.15) is 6.04 Å². The molecule has 0 saturated carbocycles. The molecule has 1 aliphatic heterocycles. The number of hydrogen-bond acceptors (Lipinski definition) is 5. The first-order valence-electron chi connectivity index (χ1n) is 8.39. The van der Waals surface area contributed by atoms with E-state index in [1.807, 2.05) is 13.8 Å². The zero-order valence-electron chi connectivity index (χ0n) is 15.1. The summed E-state index contributed by atoms with van der Waals surface area (Å²) in [5.74, 6) is 0.549. The largest absolute Gasteiger partial charge is 0.493 e. The Morgan fingerprint density at radius 1 is 1.32 bits per heavy atom. The van der Waals surface area contributed by atoms with Crippen molar-refractivity contribution in [3.63, 3.8) is 0 Å². The van der Waals surface area contributed by atoms with E-state index >= 15 is 0 Å². The number of nitrogens with zero attached hydrogens (tertiary/aromatic N) is 1. The fourth-order valence-electron chi connectivity index (χ4n) is 2.84. The maximum absolute atomic E-state index is 13.0. The Morgan fingerprint density at radius 3 is 2.60 bits per heavy atom. The fraction of sp³-hybridized carbons (Fsp3) is 0.588. The van der Waals surface area contributed by atoms with Crippen molar-refractivity contribution in [3.8, 4) is 11.5 Å². The molecule has 2 rings (SSSR count). The quantitative estimate of drug-likeness (QED) is 0.791. The van der Waals surface area contributed by atoms with Crippen LogP contribution < -0.4 is 14.8 Å². The van der Waals surface area contributed by atoms with E-state index in [0.717, 1.165) is 6.42 Å². The average Bonchev–Trinajstić information content (AvgIpc) is 3.11. The standard InChI is InChI=1S/C17H26N2O5S/c1-5-12(2)18-17(20)14-7-6-10-19(14)25(21,22)13-8-9-15(23-3)16(11-13)24-4/h8-9,11-12,14H,5-7,10H2,1-4H3,(H,18,20). The highest BCUT2D eigenvalue weighted by atomic mass is 32.2. The smallest absolute Gasteiger partial charge is 0.243 e. The van der Waals surface area contributed by atoms with Crippen molar-refractivity contribution >= 4 is 15.9 Å². The molecule has 8 heteroatoms. The number of hydrogen-bond donors (Lipinski definition) is 1. The second-order valence-corrected chi connectivity index (χ2v) is 8.00. The minimum Gasteiger partial charge on any atom is -0.493 e. The van der Waals surface area contributed by atoms with E-state index in [9.17, 15) is 13.2 Å². The molecular formula is C17H26N2O5S. The summed E-state index contributed by atoms with van der Waals surface area (Å²) < 4.78 is 37.7. The molecule has 1 aliphatic rings. The van der Waals surface area contributed by atoms with Gasteiger partial charge in [0, 0.05) is 18.7 Å². The van der Waals surface area contributed by atoms with E-state index in [-0.39, 0.29) is 16.8 Å². The second-order valence-electron chi connectivity index (χ2n) is 6.11. The molecular weight excluding hydrogens is 344 g/mol. The second kappa shape index (κ2) is 8.05. The lowest BCUT2D eigenvalue weighted by atomic mass is 10.2. The van der Waals surface area contributed by atoms with Gasteiger partial charge in [-0.25, -0.2) is 8.42 Å². The summed E-state index contributed by atoms with van der Waals surface area (Å²) >= 11 is 0. The zero-order chi connectivity index (χ0) is 18.6. The zero-order valence-corrected chi connectivity index (χ0v) is 15.9. The molecule has 1 heterocycles. The predicted octanol–water partition coefficient (Wildman–Crippen LogP) is 1.77. The van der Waals surface area contributed by atoms with Crippen molar-refractivity contribution in [2.45, 2.75) is 50.1 Å². The van der Waals surface area contributed by atoms with Gasteiger partial charge in [0.05, 0.1) is 19.1 Å². The van der Waals surface area contributed by atoms with Crippen LogP contribution in [0.2, 0.25) is 0 Å². The minimum absolute atomic E-state index is 0.0127. The third-order valence-corrected chi connectivity index (χ3v) is 6.37. The lowest BCUT2D eigenvalue weighted by molar-refractivity contribution is -0.124. The third kappa shape index (κ3) is 4.07. The summed E-state index contributed by atoms with van der Waals surface area (Å²) in [6.45, 7) is 4.20. The first-order valence-corrected chi connectivity index (χ1v) is 9.83. The molecule has 2 atom stereocenters. The molecule has 1 aromatic rings. The molecule has 2 unspecified atom stereocenters. The SMILES string of the molecule is CCC(C)NC(=O)C1CCCN1S(=O)(=O)c1ccc(OC)c(OC)c1. The molecule has 0 spiro atoms. The third-order valence-electron chi connectivity index (χ3n) is 4.47. The van der Waals surface area contributed by atoms with Crippen LogP contribution in [0.4, 0.5) is 0 Å². The number of rotatable bonds is 7. The molecule has 1 saturated heterocycles. The average molecular weight is 370 g/mol. The van der Waals surface area contributed by atoms with Gasteiger partial charge in [-0.3, -0.25) is 4.79 Å². The molecule has 1 N–H and O–H groups in total. The Morgan fingerprint density at radius 2 is 2.00 bits per heavy atom. The van der Waals surface area contributed by atoms with E-state index in [4.69, 9.17) is 9.47 Å². The molecule has 1 amide bonds. The van der Waals surface area contributed by atoms with Crippen LogP contribution in [-0.2, 0) is 14.8 Å². The normalized spacial score (nSPS) is 19.4. The van der Waals surface area contributed by atoms with Crippen LogP contribution in [0.1, 0.15) is 33.1 Å². The number of benzene rings is 1. The van der Waals surface area contributed by atoms with Gasteiger partial charge in [-0.05, 0) is 38.3 Å². The maximum atomic E-state index is 13.0. The van der Waals surface area contributed by atoms with Crippen molar-refractivity contribution in [2.75, 3.05) is 20.8 Å². The van der Waals surface area contributed by atoms with Crippen LogP contribution in [0.25, 0.3) is 0 Å². The Balaban J connectivity index is 2.30. The van der Waals surface area contributed by atoms with Gasteiger partial charge in [0.15, 0.2) is 11.5 Å². The Bertz CT molecular complexity index is 720. The fourth-order valence-corrected chi connectivity index (χ4v) is 4.52. The molecule has 1 aromatic carbocycles. The highest BCUT2D eigenvalue weighted by Gasteiger charge is 2.39. The van der Waals surface area contributed by atoms with Gasteiger partial charge in [-0.1, -0.05) is 6.92 Å². The lowest BCUT2D eigenvalue weighted by Gasteiger charge is -2.25. The lowest BCUT2D eigenvalue weighted by Crippen LogP contribution is -2.48. The molecule has 0 aromatic heterocycles.